The molecule has 4 rings (SSSR count). The minimum atomic E-state index is -0.551. The van der Waals surface area contributed by atoms with E-state index in [4.69, 9.17) is 14.7 Å². The van der Waals surface area contributed by atoms with Crippen molar-refractivity contribution in [3.8, 4) is 23.2 Å². The van der Waals surface area contributed by atoms with Crippen molar-refractivity contribution < 1.29 is 14.4 Å². The van der Waals surface area contributed by atoms with E-state index in [9.17, 15) is 10.1 Å². The summed E-state index contributed by atoms with van der Waals surface area (Å²) in [6.45, 7) is 1.03. The summed E-state index contributed by atoms with van der Waals surface area (Å²) >= 11 is 0. The van der Waals surface area contributed by atoms with Crippen LogP contribution in [0.25, 0.3) is 11.1 Å². The lowest BCUT2D eigenvalue weighted by molar-refractivity contribution is -0.389. The normalized spacial score (nSPS) is 15.3. The molecule has 140 valence electrons. The van der Waals surface area contributed by atoms with Crippen molar-refractivity contribution in [2.24, 2.45) is 0 Å². The second-order valence-electron chi connectivity index (χ2n) is 6.31. The van der Waals surface area contributed by atoms with Crippen LogP contribution in [0.4, 0.5) is 5.82 Å². The maximum atomic E-state index is 10.8. The van der Waals surface area contributed by atoms with Gasteiger partial charge in [0.1, 0.15) is 18.9 Å². The second kappa shape index (κ2) is 7.46. The summed E-state index contributed by atoms with van der Waals surface area (Å²) in [4.78, 5) is 18.3. The van der Waals surface area contributed by atoms with Crippen LogP contribution in [-0.4, -0.2) is 32.2 Å². The van der Waals surface area contributed by atoms with Crippen LogP contribution in [0.3, 0.4) is 0 Å². The molecule has 0 saturated carbocycles. The van der Waals surface area contributed by atoms with Crippen molar-refractivity contribution in [3.63, 3.8) is 0 Å². The third-order valence-electron chi connectivity index (χ3n) is 4.34. The van der Waals surface area contributed by atoms with Gasteiger partial charge in [0.05, 0.1) is 24.8 Å². The van der Waals surface area contributed by atoms with Crippen molar-refractivity contribution in [1.29, 1.82) is 5.26 Å². The molecular formula is C19H15N5O4. The van der Waals surface area contributed by atoms with E-state index in [1.54, 1.807) is 29.1 Å². The number of fused-ring (bicyclic) bond motifs is 1. The van der Waals surface area contributed by atoms with E-state index >= 15 is 0 Å². The van der Waals surface area contributed by atoms with Crippen LogP contribution >= 0.6 is 0 Å². The third kappa shape index (κ3) is 3.67. The van der Waals surface area contributed by atoms with Crippen LogP contribution in [0, 0.1) is 21.4 Å². The molecule has 3 aromatic rings. The largest absolute Gasteiger partial charge is 0.443 e. The first kappa shape index (κ1) is 17.6. The Bertz CT molecular complexity index is 1050. The standard InChI is InChI=1S/C19H15N5O4/c20-6-13-1-3-15(4-2-13)16-5-14(7-21-8-16)11-27-17-9-23-10-18(24(25)26)22-19(23)28-12-17/h1-5,7-8,10,17H,9,11-12H2/t17-/m0/s1. The van der Waals surface area contributed by atoms with E-state index in [0.717, 1.165) is 16.7 Å². The molecule has 0 fully saturated rings. The van der Waals surface area contributed by atoms with Crippen LogP contribution in [-0.2, 0) is 17.9 Å². The van der Waals surface area contributed by atoms with Crippen LogP contribution < -0.4 is 4.74 Å². The third-order valence-corrected chi connectivity index (χ3v) is 4.34. The van der Waals surface area contributed by atoms with Crippen molar-refractivity contribution in [2.75, 3.05) is 6.61 Å². The summed E-state index contributed by atoms with van der Waals surface area (Å²) in [6, 6.07) is 11.6. The maximum absolute atomic E-state index is 10.8. The number of hydrogen-bond donors (Lipinski definition) is 0. The Kier molecular flexibility index (Phi) is 4.70. The fourth-order valence-corrected chi connectivity index (χ4v) is 2.94. The first-order valence-corrected chi connectivity index (χ1v) is 8.53. The molecule has 0 radical (unpaired) electrons. The number of aromatic nitrogens is 3. The summed E-state index contributed by atoms with van der Waals surface area (Å²) in [7, 11) is 0. The van der Waals surface area contributed by atoms with Gasteiger partial charge >= 0.3 is 11.8 Å². The molecule has 2 aromatic heterocycles. The summed E-state index contributed by atoms with van der Waals surface area (Å²) in [5, 5.41) is 19.7. The number of nitro groups is 1. The van der Waals surface area contributed by atoms with Crippen LogP contribution in [0.15, 0.2) is 48.9 Å². The fraction of sp³-hybridized carbons (Fsp3) is 0.211. The molecule has 0 amide bonds. The first-order valence-electron chi connectivity index (χ1n) is 8.53. The molecular weight excluding hydrogens is 362 g/mol. The van der Waals surface area contributed by atoms with Gasteiger partial charge in [-0.05, 0) is 34.2 Å². The minimum Gasteiger partial charge on any atom is -0.443 e. The van der Waals surface area contributed by atoms with Crippen molar-refractivity contribution in [3.05, 3.63) is 70.2 Å². The van der Waals surface area contributed by atoms with E-state index in [1.807, 2.05) is 18.2 Å². The van der Waals surface area contributed by atoms with E-state index in [0.29, 0.717) is 18.7 Å². The van der Waals surface area contributed by atoms with Gasteiger partial charge < -0.3 is 19.6 Å². The average Bonchev–Trinajstić information content (AvgIpc) is 3.16. The SMILES string of the molecule is N#Cc1ccc(-c2cncc(CO[C@@H]3COc4nc([N+](=O)[O-])cn4C3)c2)cc1. The zero-order valence-corrected chi connectivity index (χ0v) is 14.7. The number of rotatable bonds is 5. The van der Waals surface area contributed by atoms with Crippen LogP contribution in [0.5, 0.6) is 6.01 Å². The Labute approximate surface area is 159 Å². The van der Waals surface area contributed by atoms with Gasteiger partial charge in [0.25, 0.3) is 0 Å². The predicted octanol–water partition coefficient (Wildman–Crippen LogP) is 2.70. The van der Waals surface area contributed by atoms with Crippen LogP contribution in [0.2, 0.25) is 0 Å². The summed E-state index contributed by atoms with van der Waals surface area (Å²) in [5.41, 5.74) is 3.39. The van der Waals surface area contributed by atoms with Gasteiger partial charge in [-0.25, -0.2) is 0 Å². The van der Waals surface area contributed by atoms with E-state index < -0.39 is 4.92 Å². The summed E-state index contributed by atoms with van der Waals surface area (Å²) in [5.74, 6) is -0.241. The van der Waals surface area contributed by atoms with Gasteiger partial charge in [-0.1, -0.05) is 12.1 Å². The summed E-state index contributed by atoms with van der Waals surface area (Å²) in [6.07, 6.45) is 4.58. The number of nitrogens with zero attached hydrogens (tertiary/aromatic N) is 5. The lowest BCUT2D eigenvalue weighted by Gasteiger charge is -2.22. The van der Waals surface area contributed by atoms with Crippen molar-refractivity contribution in [2.45, 2.75) is 19.3 Å². The molecule has 0 spiro atoms. The highest BCUT2D eigenvalue weighted by molar-refractivity contribution is 5.63. The van der Waals surface area contributed by atoms with Gasteiger partial charge in [-0.2, -0.15) is 5.26 Å². The first-order chi connectivity index (χ1) is 13.6. The van der Waals surface area contributed by atoms with E-state index in [2.05, 4.69) is 16.0 Å². The zero-order valence-electron chi connectivity index (χ0n) is 14.7. The predicted molar refractivity (Wildman–Crippen MR) is 97.3 cm³/mol. The van der Waals surface area contributed by atoms with E-state index in [1.165, 1.54) is 6.20 Å². The molecule has 1 aliphatic rings. The van der Waals surface area contributed by atoms with Crippen LogP contribution in [0.1, 0.15) is 11.1 Å². The Morgan fingerprint density at radius 3 is 2.89 bits per heavy atom. The molecule has 28 heavy (non-hydrogen) atoms. The average molecular weight is 377 g/mol. The Morgan fingerprint density at radius 1 is 1.32 bits per heavy atom. The highest BCUT2D eigenvalue weighted by atomic mass is 16.6. The van der Waals surface area contributed by atoms with E-state index in [-0.39, 0.29) is 24.5 Å². The number of ether oxygens (including phenoxy) is 2. The molecule has 9 nitrogen and oxygen atoms in total. The molecule has 0 saturated heterocycles. The second-order valence-corrected chi connectivity index (χ2v) is 6.31. The highest BCUT2D eigenvalue weighted by Gasteiger charge is 2.28. The van der Waals surface area contributed by atoms with Gasteiger partial charge in [-0.3, -0.25) is 9.55 Å². The zero-order chi connectivity index (χ0) is 19.5. The lowest BCUT2D eigenvalue weighted by atomic mass is 10.0. The monoisotopic (exact) mass is 377 g/mol. The Morgan fingerprint density at radius 2 is 2.14 bits per heavy atom. The molecule has 1 aromatic carbocycles. The number of pyridine rings is 1. The molecule has 1 atom stereocenters. The fourth-order valence-electron chi connectivity index (χ4n) is 2.94. The Hall–Kier alpha value is -3.77. The molecule has 0 N–H and O–H groups in total. The maximum Gasteiger partial charge on any atom is 0.414 e. The summed E-state index contributed by atoms with van der Waals surface area (Å²) < 4.78 is 12.9. The van der Waals surface area contributed by atoms with Crippen molar-refractivity contribution in [1.82, 2.24) is 14.5 Å². The molecule has 1 aliphatic heterocycles. The number of nitriles is 1. The Balaban J connectivity index is 1.41. The quantitative estimate of drug-likeness (QED) is 0.496. The van der Waals surface area contributed by atoms with Gasteiger partial charge in [0.2, 0.25) is 0 Å². The van der Waals surface area contributed by atoms with Crippen molar-refractivity contribution >= 4 is 5.82 Å². The number of benzene rings is 1. The topological polar surface area (TPSA) is 116 Å². The number of hydrogen-bond acceptors (Lipinski definition) is 7. The molecule has 3 heterocycles. The van der Waals surface area contributed by atoms with Gasteiger partial charge in [-0.15, -0.1) is 0 Å². The van der Waals surface area contributed by atoms with Gasteiger partial charge in [0, 0.05) is 22.9 Å². The minimum absolute atomic E-state index is 0.232. The highest BCUT2D eigenvalue weighted by Crippen LogP contribution is 2.24. The smallest absolute Gasteiger partial charge is 0.414 e. The lowest BCUT2D eigenvalue weighted by Crippen LogP contribution is -2.32. The molecule has 9 heteroatoms. The molecule has 0 aliphatic carbocycles. The molecule has 0 unspecified atom stereocenters. The van der Waals surface area contributed by atoms with Gasteiger partial charge in [0.15, 0.2) is 0 Å². The number of imidazole rings is 1. The molecule has 0 bridgehead atoms.